The number of hydrogen-bond acceptors (Lipinski definition) is 2. The third-order valence-corrected chi connectivity index (χ3v) is 5.35. The Morgan fingerprint density at radius 3 is 2.55 bits per heavy atom. The lowest BCUT2D eigenvalue weighted by atomic mass is 9.89. The zero-order valence-electron chi connectivity index (χ0n) is 12.9. The number of carbonyl (C=O) groups excluding carboxylic acids is 1. The minimum atomic E-state index is -0.553. The molecule has 1 saturated carbocycles. The van der Waals surface area contributed by atoms with Crippen LogP contribution in [-0.4, -0.2) is 18.2 Å². The van der Waals surface area contributed by atoms with Gasteiger partial charge in [-0.25, -0.2) is 8.78 Å². The van der Waals surface area contributed by atoms with Crippen LogP contribution in [-0.2, 0) is 4.79 Å². The van der Waals surface area contributed by atoms with Crippen molar-refractivity contribution in [2.75, 3.05) is 12.3 Å². The number of nitrogens with one attached hydrogen (secondary N) is 1. The van der Waals surface area contributed by atoms with E-state index in [9.17, 15) is 13.6 Å². The molecule has 0 radical (unpaired) electrons. The molecular weight excluding hydrogens is 304 g/mol. The van der Waals surface area contributed by atoms with E-state index < -0.39 is 11.6 Å². The highest BCUT2D eigenvalue weighted by molar-refractivity contribution is 8.00. The Labute approximate surface area is 135 Å². The SMILES string of the molecule is CC(SCC(=O)NCC1CCCCC1)c1c(F)cccc1F. The van der Waals surface area contributed by atoms with Crippen molar-refractivity contribution in [1.82, 2.24) is 5.32 Å². The smallest absolute Gasteiger partial charge is 0.230 e. The van der Waals surface area contributed by atoms with Crippen molar-refractivity contribution in [3.8, 4) is 0 Å². The van der Waals surface area contributed by atoms with E-state index >= 15 is 0 Å². The summed E-state index contributed by atoms with van der Waals surface area (Å²) < 4.78 is 27.3. The summed E-state index contributed by atoms with van der Waals surface area (Å²) in [6.07, 6.45) is 6.16. The van der Waals surface area contributed by atoms with E-state index in [2.05, 4.69) is 5.32 Å². The summed E-state index contributed by atoms with van der Waals surface area (Å²) in [5, 5.41) is 2.55. The van der Waals surface area contributed by atoms with Crippen LogP contribution < -0.4 is 5.32 Å². The van der Waals surface area contributed by atoms with Crippen LogP contribution in [0, 0.1) is 17.6 Å². The summed E-state index contributed by atoms with van der Waals surface area (Å²) in [5.41, 5.74) is 0.0487. The van der Waals surface area contributed by atoms with Gasteiger partial charge in [0.1, 0.15) is 11.6 Å². The molecule has 1 N–H and O–H groups in total. The number of rotatable bonds is 6. The lowest BCUT2D eigenvalue weighted by Gasteiger charge is -2.21. The van der Waals surface area contributed by atoms with Crippen LogP contribution in [0.5, 0.6) is 0 Å². The van der Waals surface area contributed by atoms with Gasteiger partial charge in [0.2, 0.25) is 5.91 Å². The van der Waals surface area contributed by atoms with Crippen molar-refractivity contribution in [1.29, 1.82) is 0 Å². The molecular formula is C17H23F2NOS. The molecule has 1 fully saturated rings. The van der Waals surface area contributed by atoms with Gasteiger partial charge in [0, 0.05) is 17.4 Å². The lowest BCUT2D eigenvalue weighted by Crippen LogP contribution is -2.31. The largest absolute Gasteiger partial charge is 0.355 e. The first-order chi connectivity index (χ1) is 10.6. The molecule has 0 heterocycles. The van der Waals surface area contributed by atoms with Crippen LogP contribution in [0.2, 0.25) is 0 Å². The summed E-state index contributed by atoms with van der Waals surface area (Å²) in [7, 11) is 0. The van der Waals surface area contributed by atoms with Crippen molar-refractivity contribution >= 4 is 17.7 Å². The molecule has 0 spiro atoms. The monoisotopic (exact) mass is 327 g/mol. The van der Waals surface area contributed by atoms with Gasteiger partial charge in [0.05, 0.1) is 5.75 Å². The van der Waals surface area contributed by atoms with Gasteiger partial charge in [-0.15, -0.1) is 11.8 Å². The van der Waals surface area contributed by atoms with Gasteiger partial charge < -0.3 is 5.32 Å². The first-order valence-corrected chi connectivity index (χ1v) is 8.95. The van der Waals surface area contributed by atoms with Gasteiger partial charge in [-0.3, -0.25) is 4.79 Å². The predicted molar refractivity (Wildman–Crippen MR) is 86.8 cm³/mol. The number of thioether (sulfide) groups is 1. The van der Waals surface area contributed by atoms with E-state index in [4.69, 9.17) is 0 Å². The molecule has 122 valence electrons. The second-order valence-electron chi connectivity index (χ2n) is 5.90. The van der Waals surface area contributed by atoms with Crippen LogP contribution in [0.1, 0.15) is 49.8 Å². The molecule has 1 amide bonds. The summed E-state index contributed by atoms with van der Waals surface area (Å²) in [4.78, 5) is 11.9. The Hall–Kier alpha value is -1.10. The molecule has 0 bridgehead atoms. The topological polar surface area (TPSA) is 29.1 Å². The Kier molecular flexibility index (Phi) is 6.68. The fraction of sp³-hybridized carbons (Fsp3) is 0.588. The third kappa shape index (κ3) is 4.97. The summed E-state index contributed by atoms with van der Waals surface area (Å²) in [6, 6.07) is 3.85. The standard InChI is InChI=1S/C17H23F2NOS/c1-12(17-14(18)8-5-9-15(17)19)22-11-16(21)20-10-13-6-3-2-4-7-13/h5,8-9,12-13H,2-4,6-7,10-11H2,1H3,(H,20,21). The maximum Gasteiger partial charge on any atom is 0.230 e. The number of halogens is 2. The quantitative estimate of drug-likeness (QED) is 0.836. The molecule has 1 aliphatic carbocycles. The van der Waals surface area contributed by atoms with Crippen LogP contribution in [0.15, 0.2) is 18.2 Å². The number of amides is 1. The maximum absolute atomic E-state index is 13.7. The molecule has 1 atom stereocenters. The highest BCUT2D eigenvalue weighted by atomic mass is 32.2. The predicted octanol–water partition coefficient (Wildman–Crippen LogP) is 4.46. The Morgan fingerprint density at radius 1 is 1.27 bits per heavy atom. The lowest BCUT2D eigenvalue weighted by molar-refractivity contribution is -0.118. The second kappa shape index (κ2) is 8.51. The summed E-state index contributed by atoms with van der Waals surface area (Å²) in [5.74, 6) is -0.352. The van der Waals surface area contributed by atoms with E-state index in [1.165, 1.54) is 62.1 Å². The van der Waals surface area contributed by atoms with Crippen molar-refractivity contribution in [2.24, 2.45) is 5.92 Å². The number of carbonyl (C=O) groups is 1. The number of hydrogen-bond donors (Lipinski definition) is 1. The van der Waals surface area contributed by atoms with E-state index in [0.717, 1.165) is 6.54 Å². The average Bonchev–Trinajstić information content (AvgIpc) is 2.52. The molecule has 22 heavy (non-hydrogen) atoms. The van der Waals surface area contributed by atoms with Crippen molar-refractivity contribution < 1.29 is 13.6 Å². The van der Waals surface area contributed by atoms with E-state index in [-0.39, 0.29) is 22.5 Å². The summed E-state index contributed by atoms with van der Waals surface area (Å²) in [6.45, 7) is 2.45. The molecule has 2 rings (SSSR count). The fourth-order valence-electron chi connectivity index (χ4n) is 2.88. The molecule has 1 aromatic rings. The maximum atomic E-state index is 13.7. The van der Waals surface area contributed by atoms with Crippen molar-refractivity contribution in [3.63, 3.8) is 0 Å². The molecule has 0 saturated heterocycles. The molecule has 1 unspecified atom stereocenters. The Balaban J connectivity index is 1.75. The first kappa shape index (κ1) is 17.3. The average molecular weight is 327 g/mol. The molecule has 2 nitrogen and oxygen atoms in total. The molecule has 0 aliphatic heterocycles. The van der Waals surface area contributed by atoms with Crippen molar-refractivity contribution in [3.05, 3.63) is 35.4 Å². The number of benzene rings is 1. The first-order valence-electron chi connectivity index (χ1n) is 7.90. The van der Waals surface area contributed by atoms with Gasteiger partial charge in [-0.2, -0.15) is 0 Å². The van der Waals surface area contributed by atoms with Crippen LogP contribution in [0.4, 0.5) is 8.78 Å². The Bertz CT molecular complexity index is 483. The zero-order valence-corrected chi connectivity index (χ0v) is 13.7. The molecule has 0 aromatic heterocycles. The van der Waals surface area contributed by atoms with Gasteiger partial charge in [-0.1, -0.05) is 25.3 Å². The Morgan fingerprint density at radius 2 is 1.91 bits per heavy atom. The van der Waals surface area contributed by atoms with Crippen LogP contribution >= 0.6 is 11.8 Å². The van der Waals surface area contributed by atoms with Gasteiger partial charge in [-0.05, 0) is 37.8 Å². The highest BCUT2D eigenvalue weighted by Gasteiger charge is 2.18. The zero-order chi connectivity index (χ0) is 15.9. The highest BCUT2D eigenvalue weighted by Crippen LogP contribution is 2.31. The summed E-state index contributed by atoms with van der Waals surface area (Å²) >= 11 is 1.26. The molecule has 1 aromatic carbocycles. The molecule has 5 heteroatoms. The van der Waals surface area contributed by atoms with Gasteiger partial charge in [0.25, 0.3) is 0 Å². The minimum absolute atomic E-state index is 0.0487. The van der Waals surface area contributed by atoms with Gasteiger partial charge in [0.15, 0.2) is 0 Å². The minimum Gasteiger partial charge on any atom is -0.355 e. The normalized spacial score (nSPS) is 17.2. The second-order valence-corrected chi connectivity index (χ2v) is 7.23. The van der Waals surface area contributed by atoms with Crippen LogP contribution in [0.25, 0.3) is 0 Å². The third-order valence-electron chi connectivity index (χ3n) is 4.18. The fourth-order valence-corrected chi connectivity index (χ4v) is 3.78. The van der Waals surface area contributed by atoms with Crippen LogP contribution in [0.3, 0.4) is 0 Å². The van der Waals surface area contributed by atoms with Crippen molar-refractivity contribution in [2.45, 2.75) is 44.3 Å². The van der Waals surface area contributed by atoms with E-state index in [1.54, 1.807) is 6.92 Å². The van der Waals surface area contributed by atoms with E-state index in [0.29, 0.717) is 5.92 Å². The van der Waals surface area contributed by atoms with E-state index in [1.807, 2.05) is 0 Å². The molecule has 1 aliphatic rings. The van der Waals surface area contributed by atoms with Gasteiger partial charge >= 0.3 is 0 Å².